The van der Waals surface area contributed by atoms with Crippen molar-refractivity contribution < 1.29 is 13.2 Å². The Morgan fingerprint density at radius 2 is 1.89 bits per heavy atom. The van der Waals surface area contributed by atoms with Crippen molar-refractivity contribution >= 4 is 48.4 Å². The molecule has 0 aromatic carbocycles. The quantitative estimate of drug-likeness (QED) is 0.433. The number of aromatic nitrogens is 4. The number of hydrogen-bond donors (Lipinski definition) is 1. The molecule has 1 N–H and O–H groups in total. The minimum Gasteiger partial charge on any atom is -0.378 e. The van der Waals surface area contributed by atoms with E-state index >= 15 is 0 Å². The van der Waals surface area contributed by atoms with E-state index in [4.69, 9.17) is 14.7 Å². The van der Waals surface area contributed by atoms with Crippen LogP contribution in [0.1, 0.15) is 4.88 Å². The van der Waals surface area contributed by atoms with Crippen LogP contribution in [0.2, 0.25) is 0 Å². The normalized spacial score (nSPS) is 18.6. The molecule has 4 aromatic heterocycles. The van der Waals surface area contributed by atoms with Crippen molar-refractivity contribution in [3.63, 3.8) is 0 Å². The number of piperazine rings is 1. The first kappa shape index (κ1) is 22.8. The summed E-state index contributed by atoms with van der Waals surface area (Å²) < 4.78 is 30.8. The van der Waals surface area contributed by atoms with Crippen LogP contribution in [0.3, 0.4) is 0 Å². The van der Waals surface area contributed by atoms with Crippen LogP contribution in [-0.4, -0.2) is 96.3 Å². The van der Waals surface area contributed by atoms with Gasteiger partial charge in [-0.05, 0) is 18.2 Å². The number of anilines is 1. The summed E-state index contributed by atoms with van der Waals surface area (Å²) >= 11 is 1.68. The Bertz CT molecular complexity index is 1470. The number of H-pyrrole nitrogens is 1. The fourth-order valence-electron chi connectivity index (χ4n) is 4.68. The Morgan fingerprint density at radius 1 is 1.09 bits per heavy atom. The third-order valence-corrected chi connectivity index (χ3v) is 8.89. The van der Waals surface area contributed by atoms with E-state index < -0.39 is 10.0 Å². The summed E-state index contributed by atoms with van der Waals surface area (Å²) in [6.07, 6.45) is 4.98. The predicted octanol–water partition coefficient (Wildman–Crippen LogP) is 2.15. The van der Waals surface area contributed by atoms with Crippen molar-refractivity contribution in [3.8, 4) is 11.4 Å². The summed E-state index contributed by atoms with van der Waals surface area (Å²) in [6, 6.07) is 6.27. The number of morpholine rings is 1. The zero-order valence-electron chi connectivity index (χ0n) is 19.5. The van der Waals surface area contributed by atoms with Crippen LogP contribution in [0.15, 0.2) is 30.6 Å². The summed E-state index contributed by atoms with van der Waals surface area (Å²) in [5, 5.41) is 2.08. The van der Waals surface area contributed by atoms with E-state index in [2.05, 4.69) is 31.9 Å². The molecule has 4 aromatic rings. The summed E-state index contributed by atoms with van der Waals surface area (Å²) in [7, 11) is -3.13. The van der Waals surface area contributed by atoms with Crippen molar-refractivity contribution in [1.29, 1.82) is 0 Å². The molecule has 2 saturated heterocycles. The first-order valence-corrected chi connectivity index (χ1v) is 14.3. The van der Waals surface area contributed by atoms with Crippen molar-refractivity contribution in [2.24, 2.45) is 0 Å². The number of pyridine rings is 1. The van der Waals surface area contributed by atoms with Gasteiger partial charge in [0.25, 0.3) is 0 Å². The maximum absolute atomic E-state index is 11.8. The molecule has 0 atom stereocenters. The second-order valence-electron chi connectivity index (χ2n) is 8.98. The fourth-order valence-corrected chi connectivity index (χ4v) is 6.57. The molecule has 6 heterocycles. The van der Waals surface area contributed by atoms with Gasteiger partial charge in [0.1, 0.15) is 16.3 Å². The Balaban J connectivity index is 1.33. The molecule has 2 aliphatic rings. The second-order valence-corrected chi connectivity index (χ2v) is 12.1. The molecule has 0 unspecified atom stereocenters. The Kier molecular flexibility index (Phi) is 5.93. The topological polar surface area (TPSA) is 108 Å². The van der Waals surface area contributed by atoms with Crippen LogP contribution >= 0.6 is 11.3 Å². The molecule has 2 aliphatic heterocycles. The van der Waals surface area contributed by atoms with Crippen LogP contribution in [0.5, 0.6) is 0 Å². The Morgan fingerprint density at radius 3 is 2.66 bits per heavy atom. The molecule has 2 fully saturated rings. The average Bonchev–Trinajstić information content (AvgIpc) is 3.49. The van der Waals surface area contributed by atoms with E-state index in [9.17, 15) is 8.42 Å². The average molecular weight is 514 g/mol. The molecule has 0 radical (unpaired) electrons. The predicted molar refractivity (Wildman–Crippen MR) is 137 cm³/mol. The maximum Gasteiger partial charge on any atom is 0.211 e. The van der Waals surface area contributed by atoms with E-state index in [-0.39, 0.29) is 0 Å². The lowest BCUT2D eigenvalue weighted by molar-refractivity contribution is 0.122. The number of sulfonamides is 1. The highest BCUT2D eigenvalue weighted by Crippen LogP contribution is 2.34. The van der Waals surface area contributed by atoms with Crippen LogP contribution in [0.25, 0.3) is 32.6 Å². The number of fused-ring (bicyclic) bond motifs is 2. The molecule has 0 bridgehead atoms. The summed E-state index contributed by atoms with van der Waals surface area (Å²) in [5.41, 5.74) is 1.73. The van der Waals surface area contributed by atoms with Gasteiger partial charge < -0.3 is 14.6 Å². The van der Waals surface area contributed by atoms with E-state index in [1.807, 2.05) is 18.5 Å². The third-order valence-electron chi connectivity index (χ3n) is 6.57. The standard InChI is InChI=1S/C23H27N7O3S2/c1-35(31,32)30-6-4-28(5-7-30)15-18-13-19-22(29-8-10-33-11-9-29)26-21(27-23(19)34-18)17-12-16-2-3-24-20(16)25-14-17/h2-3,12-14H,4-11,15H2,1H3,(H,24,25). The zero-order chi connectivity index (χ0) is 24.0. The van der Waals surface area contributed by atoms with Gasteiger partial charge in [-0.3, -0.25) is 4.90 Å². The number of hydrogen-bond acceptors (Lipinski definition) is 9. The number of ether oxygens (including phenoxy) is 1. The van der Waals surface area contributed by atoms with Crippen LogP contribution in [-0.2, 0) is 21.3 Å². The van der Waals surface area contributed by atoms with Crippen LogP contribution in [0.4, 0.5) is 5.82 Å². The van der Waals surface area contributed by atoms with Gasteiger partial charge in [-0.2, -0.15) is 4.31 Å². The SMILES string of the molecule is CS(=O)(=O)N1CCN(Cc2cc3c(N4CCOCC4)nc(-c4cnc5[nH]ccc5c4)nc3s2)CC1. The van der Waals surface area contributed by atoms with Gasteiger partial charge in [0.2, 0.25) is 10.0 Å². The van der Waals surface area contributed by atoms with Gasteiger partial charge in [0.15, 0.2) is 5.82 Å². The molecular formula is C23H27N7O3S2. The molecule has 0 aliphatic carbocycles. The van der Waals surface area contributed by atoms with E-state index in [0.29, 0.717) is 32.1 Å². The molecule has 12 heteroatoms. The van der Waals surface area contributed by atoms with Crippen molar-refractivity contribution in [3.05, 3.63) is 35.5 Å². The number of nitrogens with one attached hydrogen (secondary N) is 1. The number of aromatic amines is 1. The first-order valence-electron chi connectivity index (χ1n) is 11.7. The van der Waals surface area contributed by atoms with Crippen molar-refractivity contribution in [2.75, 3.05) is 63.6 Å². The minimum absolute atomic E-state index is 0.529. The van der Waals surface area contributed by atoms with Crippen LogP contribution in [0, 0.1) is 0 Å². The van der Waals surface area contributed by atoms with E-state index in [1.165, 1.54) is 11.1 Å². The van der Waals surface area contributed by atoms with Gasteiger partial charge in [-0.25, -0.2) is 23.4 Å². The lowest BCUT2D eigenvalue weighted by atomic mass is 10.2. The fraction of sp³-hybridized carbons (Fsp3) is 0.435. The maximum atomic E-state index is 11.8. The molecular weight excluding hydrogens is 486 g/mol. The lowest BCUT2D eigenvalue weighted by Crippen LogP contribution is -2.47. The monoisotopic (exact) mass is 513 g/mol. The molecule has 6 rings (SSSR count). The second kappa shape index (κ2) is 9.10. The number of rotatable bonds is 5. The molecule has 35 heavy (non-hydrogen) atoms. The highest BCUT2D eigenvalue weighted by atomic mass is 32.2. The highest BCUT2D eigenvalue weighted by molar-refractivity contribution is 7.88. The smallest absolute Gasteiger partial charge is 0.211 e. The minimum atomic E-state index is -3.13. The summed E-state index contributed by atoms with van der Waals surface area (Å²) in [5.74, 6) is 1.61. The lowest BCUT2D eigenvalue weighted by Gasteiger charge is -2.32. The Hall–Kier alpha value is -2.64. The van der Waals surface area contributed by atoms with Crippen molar-refractivity contribution in [2.45, 2.75) is 6.54 Å². The van der Waals surface area contributed by atoms with Gasteiger partial charge in [0, 0.05) is 74.0 Å². The number of thiophene rings is 1. The van der Waals surface area contributed by atoms with Crippen LogP contribution < -0.4 is 4.90 Å². The van der Waals surface area contributed by atoms with Crippen molar-refractivity contribution in [1.82, 2.24) is 29.1 Å². The third kappa shape index (κ3) is 4.64. The zero-order valence-corrected chi connectivity index (χ0v) is 21.1. The largest absolute Gasteiger partial charge is 0.378 e. The summed E-state index contributed by atoms with van der Waals surface area (Å²) in [6.45, 7) is 6.21. The van der Waals surface area contributed by atoms with E-state index in [1.54, 1.807) is 15.6 Å². The molecule has 184 valence electrons. The van der Waals surface area contributed by atoms with Gasteiger partial charge >= 0.3 is 0 Å². The molecule has 10 nitrogen and oxygen atoms in total. The first-order chi connectivity index (χ1) is 16.9. The molecule has 0 spiro atoms. The molecule has 0 amide bonds. The Labute approximate surface area is 207 Å². The molecule has 0 saturated carbocycles. The number of nitrogens with zero attached hydrogens (tertiary/aromatic N) is 6. The van der Waals surface area contributed by atoms with E-state index in [0.717, 1.165) is 65.4 Å². The van der Waals surface area contributed by atoms with Gasteiger partial charge in [-0.1, -0.05) is 0 Å². The van der Waals surface area contributed by atoms with Gasteiger partial charge in [-0.15, -0.1) is 11.3 Å². The summed E-state index contributed by atoms with van der Waals surface area (Å²) in [4.78, 5) is 24.4. The highest BCUT2D eigenvalue weighted by Gasteiger charge is 2.25. The van der Waals surface area contributed by atoms with Gasteiger partial charge in [0.05, 0.1) is 24.9 Å².